The molecule has 0 aromatic carbocycles. The van der Waals surface area contributed by atoms with Crippen LogP contribution in [0, 0.1) is 5.41 Å². The number of rotatable bonds is 2. The first kappa shape index (κ1) is 11.0. The minimum atomic E-state index is -0.304. The summed E-state index contributed by atoms with van der Waals surface area (Å²) in [6.07, 6.45) is 0.392. The summed E-state index contributed by atoms with van der Waals surface area (Å²) in [5.74, 6) is 0. The van der Waals surface area contributed by atoms with Crippen LogP contribution in [-0.4, -0.2) is 11.2 Å². The first-order chi connectivity index (χ1) is 5.89. The molecule has 1 atom stereocenters. The molecule has 74 valence electrons. The number of thiophene rings is 1. The number of hydrogen-bond donors (Lipinski definition) is 1. The smallest absolute Gasteiger partial charge is 0.0931 e. The predicted octanol–water partition coefficient (Wildman–Crippen LogP) is 3.35. The van der Waals surface area contributed by atoms with Crippen molar-refractivity contribution in [3.8, 4) is 0 Å². The van der Waals surface area contributed by atoms with Crippen molar-refractivity contribution in [2.45, 2.75) is 33.3 Å². The minimum absolute atomic E-state index is 0.0591. The van der Waals surface area contributed by atoms with Crippen LogP contribution in [0.3, 0.4) is 0 Å². The topological polar surface area (TPSA) is 20.2 Å². The van der Waals surface area contributed by atoms with Gasteiger partial charge in [-0.05, 0) is 17.5 Å². The van der Waals surface area contributed by atoms with Gasteiger partial charge in [0.05, 0.1) is 10.4 Å². The van der Waals surface area contributed by atoms with E-state index in [9.17, 15) is 5.11 Å². The van der Waals surface area contributed by atoms with Crippen molar-refractivity contribution in [1.82, 2.24) is 0 Å². The molecule has 1 aromatic heterocycles. The zero-order valence-electron chi connectivity index (χ0n) is 8.17. The fourth-order valence-electron chi connectivity index (χ4n) is 0.958. The van der Waals surface area contributed by atoms with Gasteiger partial charge in [-0.1, -0.05) is 32.4 Å². The predicted molar refractivity (Wildman–Crippen MR) is 58.5 cm³/mol. The van der Waals surface area contributed by atoms with Crippen LogP contribution in [0.4, 0.5) is 0 Å². The molecule has 3 heteroatoms. The average molecular weight is 219 g/mol. The summed E-state index contributed by atoms with van der Waals surface area (Å²) >= 11 is 7.33. The minimum Gasteiger partial charge on any atom is -0.392 e. The van der Waals surface area contributed by atoms with E-state index >= 15 is 0 Å². The van der Waals surface area contributed by atoms with E-state index in [0.29, 0.717) is 6.42 Å². The first-order valence-corrected chi connectivity index (χ1v) is 5.51. The van der Waals surface area contributed by atoms with Crippen LogP contribution < -0.4 is 0 Å². The van der Waals surface area contributed by atoms with Crippen molar-refractivity contribution in [3.05, 3.63) is 21.3 Å². The van der Waals surface area contributed by atoms with Crippen LogP contribution in [0.25, 0.3) is 0 Å². The third kappa shape index (κ3) is 3.29. The molecule has 0 fully saturated rings. The Morgan fingerprint density at radius 2 is 2.08 bits per heavy atom. The molecular formula is C10H15ClOS. The highest BCUT2D eigenvalue weighted by Gasteiger charge is 2.22. The lowest BCUT2D eigenvalue weighted by molar-refractivity contribution is 0.0643. The Balaban J connectivity index is 2.60. The van der Waals surface area contributed by atoms with E-state index in [1.807, 2.05) is 32.9 Å². The Morgan fingerprint density at radius 1 is 1.46 bits per heavy atom. The number of aliphatic hydroxyl groups is 1. The lowest BCUT2D eigenvalue weighted by Gasteiger charge is -2.25. The van der Waals surface area contributed by atoms with Gasteiger partial charge in [-0.15, -0.1) is 11.3 Å². The number of aliphatic hydroxyl groups excluding tert-OH is 1. The van der Waals surface area contributed by atoms with Crippen molar-refractivity contribution in [2.75, 3.05) is 0 Å². The second-order valence-electron chi connectivity index (χ2n) is 4.29. The van der Waals surface area contributed by atoms with Crippen molar-refractivity contribution in [3.63, 3.8) is 0 Å². The fraction of sp³-hybridized carbons (Fsp3) is 0.600. The van der Waals surface area contributed by atoms with Crippen LogP contribution in [0.2, 0.25) is 4.34 Å². The van der Waals surface area contributed by atoms with Gasteiger partial charge in [0.15, 0.2) is 0 Å². The van der Waals surface area contributed by atoms with Crippen LogP contribution in [0.1, 0.15) is 25.6 Å². The van der Waals surface area contributed by atoms with Crippen LogP contribution in [-0.2, 0) is 6.42 Å². The van der Waals surface area contributed by atoms with E-state index in [0.717, 1.165) is 9.21 Å². The molecular weight excluding hydrogens is 204 g/mol. The molecule has 1 aromatic rings. The molecule has 0 saturated heterocycles. The van der Waals surface area contributed by atoms with E-state index in [1.165, 1.54) is 11.3 Å². The molecule has 0 radical (unpaired) electrons. The van der Waals surface area contributed by atoms with Gasteiger partial charge < -0.3 is 5.11 Å². The lowest BCUT2D eigenvalue weighted by Crippen LogP contribution is -2.27. The molecule has 1 rings (SSSR count). The van der Waals surface area contributed by atoms with Gasteiger partial charge in [-0.3, -0.25) is 0 Å². The summed E-state index contributed by atoms with van der Waals surface area (Å²) in [6, 6.07) is 3.85. The average Bonchev–Trinajstić information content (AvgIpc) is 2.33. The fourth-order valence-corrected chi connectivity index (χ4v) is 2.08. The maximum atomic E-state index is 9.81. The quantitative estimate of drug-likeness (QED) is 0.807. The lowest BCUT2D eigenvalue weighted by atomic mass is 9.87. The first-order valence-electron chi connectivity index (χ1n) is 4.32. The van der Waals surface area contributed by atoms with Crippen LogP contribution in [0.15, 0.2) is 12.1 Å². The summed E-state index contributed by atoms with van der Waals surface area (Å²) in [6.45, 7) is 6.10. The number of hydrogen-bond acceptors (Lipinski definition) is 2. The Kier molecular flexibility index (Phi) is 3.38. The summed E-state index contributed by atoms with van der Waals surface area (Å²) in [4.78, 5) is 1.15. The summed E-state index contributed by atoms with van der Waals surface area (Å²) in [5.41, 5.74) is -0.0591. The van der Waals surface area contributed by atoms with E-state index < -0.39 is 0 Å². The van der Waals surface area contributed by atoms with Gasteiger partial charge >= 0.3 is 0 Å². The van der Waals surface area contributed by atoms with E-state index in [2.05, 4.69) is 0 Å². The second-order valence-corrected chi connectivity index (χ2v) is 6.09. The molecule has 1 nitrogen and oxygen atoms in total. The van der Waals surface area contributed by atoms with Crippen LogP contribution in [0.5, 0.6) is 0 Å². The summed E-state index contributed by atoms with van der Waals surface area (Å²) < 4.78 is 0.788. The third-order valence-electron chi connectivity index (χ3n) is 2.02. The van der Waals surface area contributed by atoms with Gasteiger partial charge in [0.2, 0.25) is 0 Å². The molecule has 13 heavy (non-hydrogen) atoms. The Hall–Kier alpha value is -0.0500. The highest BCUT2D eigenvalue weighted by Crippen LogP contribution is 2.27. The standard InChI is InChI=1S/C10H15ClOS/c1-10(2,3)8(12)6-7-4-5-9(11)13-7/h4-5,8,12H,6H2,1-3H3. The van der Waals surface area contributed by atoms with Crippen molar-refractivity contribution >= 4 is 22.9 Å². The zero-order chi connectivity index (χ0) is 10.1. The molecule has 0 bridgehead atoms. The molecule has 1 N–H and O–H groups in total. The van der Waals surface area contributed by atoms with Crippen molar-refractivity contribution in [1.29, 1.82) is 0 Å². The van der Waals surface area contributed by atoms with Crippen molar-refractivity contribution < 1.29 is 5.11 Å². The zero-order valence-corrected chi connectivity index (χ0v) is 9.75. The van der Waals surface area contributed by atoms with Gasteiger partial charge in [-0.2, -0.15) is 0 Å². The molecule has 0 saturated carbocycles. The van der Waals surface area contributed by atoms with Gasteiger partial charge in [-0.25, -0.2) is 0 Å². The van der Waals surface area contributed by atoms with Crippen molar-refractivity contribution in [2.24, 2.45) is 5.41 Å². The van der Waals surface area contributed by atoms with Gasteiger partial charge in [0.25, 0.3) is 0 Å². The van der Waals surface area contributed by atoms with Gasteiger partial charge in [0.1, 0.15) is 0 Å². The maximum Gasteiger partial charge on any atom is 0.0931 e. The third-order valence-corrected chi connectivity index (χ3v) is 3.28. The highest BCUT2D eigenvalue weighted by atomic mass is 35.5. The highest BCUT2D eigenvalue weighted by molar-refractivity contribution is 7.16. The second kappa shape index (κ2) is 3.99. The van der Waals surface area contributed by atoms with E-state index in [-0.39, 0.29) is 11.5 Å². The van der Waals surface area contributed by atoms with Gasteiger partial charge in [0, 0.05) is 11.3 Å². The monoisotopic (exact) mass is 218 g/mol. The summed E-state index contributed by atoms with van der Waals surface area (Å²) in [7, 11) is 0. The largest absolute Gasteiger partial charge is 0.392 e. The Morgan fingerprint density at radius 3 is 2.46 bits per heavy atom. The Labute approximate surface area is 88.4 Å². The molecule has 0 aliphatic carbocycles. The SMILES string of the molecule is CC(C)(C)C(O)Cc1ccc(Cl)s1. The molecule has 0 spiro atoms. The van der Waals surface area contributed by atoms with E-state index in [4.69, 9.17) is 11.6 Å². The molecule has 0 aliphatic rings. The summed E-state index contributed by atoms with van der Waals surface area (Å²) in [5, 5.41) is 9.81. The molecule has 0 aliphatic heterocycles. The molecule has 1 heterocycles. The normalized spacial score (nSPS) is 14.5. The van der Waals surface area contributed by atoms with E-state index in [1.54, 1.807) is 0 Å². The number of halogens is 1. The molecule has 0 amide bonds. The Bertz CT molecular complexity index is 275. The van der Waals surface area contributed by atoms with Crippen LogP contribution >= 0.6 is 22.9 Å². The molecule has 1 unspecified atom stereocenters. The maximum absolute atomic E-state index is 9.81.